The number of carboxylic acids is 1. The molecule has 0 saturated heterocycles. The van der Waals surface area contributed by atoms with Gasteiger partial charge >= 0.3 is 31.8 Å². The summed E-state index contributed by atoms with van der Waals surface area (Å²) in [6, 6.07) is 0. The van der Waals surface area contributed by atoms with Crippen LogP contribution in [0.15, 0.2) is 0 Å². The Morgan fingerprint density at radius 2 is 1.36 bits per heavy atom. The van der Waals surface area contributed by atoms with Crippen molar-refractivity contribution in [2.45, 2.75) is 64.7 Å². The fourth-order valence-electron chi connectivity index (χ4n) is 1.41. The molecule has 0 bridgehead atoms. The van der Waals surface area contributed by atoms with Gasteiger partial charge in [0.2, 0.25) is 0 Å². The predicted molar refractivity (Wildman–Crippen MR) is 64.8 cm³/mol. The standard InChI is InChI=1S/C11H22O2.In.3H/c1-2-3-4-5-6-7-8-9-10-11(12)13;;;;/h2-10H2,1H3,(H,12,13);;;;. The van der Waals surface area contributed by atoms with E-state index in [9.17, 15) is 4.79 Å². The van der Waals surface area contributed by atoms with E-state index in [1.54, 1.807) is 0 Å². The van der Waals surface area contributed by atoms with Crippen LogP contribution in [0, 0.1) is 0 Å². The molecule has 1 N–H and O–H groups in total. The summed E-state index contributed by atoms with van der Waals surface area (Å²) in [7, 11) is 0. The van der Waals surface area contributed by atoms with Crippen molar-refractivity contribution in [2.24, 2.45) is 0 Å². The summed E-state index contributed by atoms with van der Waals surface area (Å²) in [6.45, 7) is 2.22. The van der Waals surface area contributed by atoms with Gasteiger partial charge in [0, 0.05) is 6.42 Å². The molecule has 0 atom stereocenters. The molecule has 0 rings (SSSR count). The fourth-order valence-corrected chi connectivity index (χ4v) is 1.41. The summed E-state index contributed by atoms with van der Waals surface area (Å²) < 4.78 is 0. The van der Waals surface area contributed by atoms with E-state index >= 15 is 0 Å². The van der Waals surface area contributed by atoms with E-state index in [2.05, 4.69) is 6.92 Å². The minimum absolute atomic E-state index is 0. The first-order valence-electron chi connectivity index (χ1n) is 5.49. The third-order valence-electron chi connectivity index (χ3n) is 2.24. The molecule has 14 heavy (non-hydrogen) atoms. The van der Waals surface area contributed by atoms with Gasteiger partial charge in [0.25, 0.3) is 0 Å². The number of hydrogen-bond donors (Lipinski definition) is 1. The summed E-state index contributed by atoms with van der Waals surface area (Å²) >= 11 is 0. The molecule has 0 aliphatic carbocycles. The zero-order valence-electron chi connectivity index (χ0n) is 8.72. The average molecular weight is 304 g/mol. The Labute approximate surface area is 106 Å². The SMILES string of the molecule is CCCCCCCCCCC(=O)O.[InH3]. The molecule has 0 radical (unpaired) electrons. The molecule has 0 aromatic rings. The van der Waals surface area contributed by atoms with Crippen molar-refractivity contribution in [1.82, 2.24) is 0 Å². The molecule has 0 aromatic carbocycles. The molecular formula is C11H25InO2. The second-order valence-electron chi connectivity index (χ2n) is 3.62. The molecule has 0 saturated carbocycles. The van der Waals surface area contributed by atoms with Crippen LogP contribution in [-0.4, -0.2) is 36.9 Å². The van der Waals surface area contributed by atoms with E-state index in [1.165, 1.54) is 38.5 Å². The second kappa shape index (κ2) is 13.3. The van der Waals surface area contributed by atoms with Crippen molar-refractivity contribution in [1.29, 1.82) is 0 Å². The van der Waals surface area contributed by atoms with Gasteiger partial charge in [-0.15, -0.1) is 0 Å². The van der Waals surface area contributed by atoms with E-state index in [-0.39, 0.29) is 25.8 Å². The number of rotatable bonds is 9. The van der Waals surface area contributed by atoms with Crippen molar-refractivity contribution in [3.8, 4) is 0 Å². The number of carbonyl (C=O) groups is 1. The van der Waals surface area contributed by atoms with Gasteiger partial charge in [-0.1, -0.05) is 51.9 Å². The molecule has 0 spiro atoms. The summed E-state index contributed by atoms with van der Waals surface area (Å²) in [5, 5.41) is 8.39. The van der Waals surface area contributed by atoms with Gasteiger partial charge in [-0.05, 0) is 6.42 Å². The van der Waals surface area contributed by atoms with Gasteiger partial charge in [-0.25, -0.2) is 0 Å². The van der Waals surface area contributed by atoms with Gasteiger partial charge in [0.15, 0.2) is 0 Å². The first-order chi connectivity index (χ1) is 6.27. The Balaban J connectivity index is 0. The van der Waals surface area contributed by atoms with Crippen molar-refractivity contribution in [2.75, 3.05) is 0 Å². The number of unbranched alkanes of at least 4 members (excludes halogenated alkanes) is 7. The molecule has 2 nitrogen and oxygen atoms in total. The zero-order valence-corrected chi connectivity index (χ0v) is 8.72. The Morgan fingerprint density at radius 3 is 1.79 bits per heavy atom. The Morgan fingerprint density at radius 1 is 0.929 bits per heavy atom. The minimum atomic E-state index is -0.661. The Hall–Kier alpha value is 0.340. The van der Waals surface area contributed by atoms with Crippen LogP contribution in [0.4, 0.5) is 0 Å². The van der Waals surface area contributed by atoms with Crippen molar-refractivity contribution in [3.05, 3.63) is 0 Å². The summed E-state index contributed by atoms with van der Waals surface area (Å²) in [5.74, 6) is -0.661. The van der Waals surface area contributed by atoms with E-state index < -0.39 is 5.97 Å². The molecule has 0 aromatic heterocycles. The third kappa shape index (κ3) is 14.8. The zero-order chi connectivity index (χ0) is 9.94. The summed E-state index contributed by atoms with van der Waals surface area (Å²) in [6.07, 6.45) is 10.1. The van der Waals surface area contributed by atoms with Crippen LogP contribution < -0.4 is 0 Å². The monoisotopic (exact) mass is 304 g/mol. The molecule has 0 aliphatic rings. The number of aliphatic carboxylic acids is 1. The van der Waals surface area contributed by atoms with E-state index in [4.69, 9.17) is 5.11 Å². The van der Waals surface area contributed by atoms with Gasteiger partial charge in [0.1, 0.15) is 0 Å². The summed E-state index contributed by atoms with van der Waals surface area (Å²) in [4.78, 5) is 10.2. The van der Waals surface area contributed by atoms with Gasteiger partial charge < -0.3 is 5.11 Å². The van der Waals surface area contributed by atoms with Crippen molar-refractivity contribution >= 4 is 31.8 Å². The van der Waals surface area contributed by atoms with E-state index in [0.29, 0.717) is 6.42 Å². The van der Waals surface area contributed by atoms with E-state index in [1.807, 2.05) is 0 Å². The molecule has 3 heteroatoms. The molecule has 84 valence electrons. The van der Waals surface area contributed by atoms with E-state index in [0.717, 1.165) is 12.8 Å². The summed E-state index contributed by atoms with van der Waals surface area (Å²) in [5.41, 5.74) is 0. The average Bonchev–Trinajstić information content (AvgIpc) is 2.09. The number of hydrogen-bond acceptors (Lipinski definition) is 1. The maximum absolute atomic E-state index is 10.2. The first kappa shape index (κ1) is 16.8. The normalized spacial score (nSPS) is 9.50. The topological polar surface area (TPSA) is 37.3 Å². The van der Waals surface area contributed by atoms with Gasteiger partial charge in [-0.2, -0.15) is 0 Å². The molecule has 0 unspecified atom stereocenters. The fraction of sp³-hybridized carbons (Fsp3) is 0.909. The molecule has 0 amide bonds. The van der Waals surface area contributed by atoms with Crippen LogP contribution in [0.3, 0.4) is 0 Å². The Bertz CT molecular complexity index is 126. The van der Waals surface area contributed by atoms with Gasteiger partial charge in [-0.3, -0.25) is 4.79 Å². The van der Waals surface area contributed by atoms with Crippen LogP contribution >= 0.6 is 0 Å². The van der Waals surface area contributed by atoms with Crippen molar-refractivity contribution in [3.63, 3.8) is 0 Å². The number of carboxylic acid groups (broad SMARTS) is 1. The predicted octanol–water partition coefficient (Wildman–Crippen LogP) is 2.42. The van der Waals surface area contributed by atoms with Crippen LogP contribution in [-0.2, 0) is 4.79 Å². The quantitative estimate of drug-likeness (QED) is 0.664. The third-order valence-corrected chi connectivity index (χ3v) is 2.24. The molecule has 0 aliphatic heterocycles. The molecular weight excluding hydrogens is 279 g/mol. The first-order valence-corrected chi connectivity index (χ1v) is 5.49. The van der Waals surface area contributed by atoms with Crippen molar-refractivity contribution < 1.29 is 9.90 Å². The van der Waals surface area contributed by atoms with Crippen LogP contribution in [0.1, 0.15) is 64.7 Å². The van der Waals surface area contributed by atoms with Crippen LogP contribution in [0.25, 0.3) is 0 Å². The maximum atomic E-state index is 10.2. The van der Waals surface area contributed by atoms with Gasteiger partial charge in [0.05, 0.1) is 0 Å². The Kier molecular flexibility index (Phi) is 16.0. The second-order valence-corrected chi connectivity index (χ2v) is 3.62. The van der Waals surface area contributed by atoms with Crippen LogP contribution in [0.5, 0.6) is 0 Å². The molecule has 0 heterocycles. The van der Waals surface area contributed by atoms with Crippen LogP contribution in [0.2, 0.25) is 0 Å². The molecule has 0 fully saturated rings.